The van der Waals surface area contributed by atoms with Crippen LogP contribution in [0.1, 0.15) is 37.6 Å². The third-order valence-corrected chi connectivity index (χ3v) is 8.06. The highest BCUT2D eigenvalue weighted by atomic mass is 32.2. The van der Waals surface area contributed by atoms with E-state index in [0.29, 0.717) is 42.3 Å². The normalized spacial score (nSPS) is 16.1. The van der Waals surface area contributed by atoms with Crippen LogP contribution in [0.25, 0.3) is 10.9 Å². The van der Waals surface area contributed by atoms with Crippen molar-refractivity contribution in [1.82, 2.24) is 19.2 Å². The van der Waals surface area contributed by atoms with Crippen LogP contribution < -0.4 is 4.72 Å². The number of rotatable bonds is 7. The third kappa shape index (κ3) is 4.82. The molecule has 9 heteroatoms. The van der Waals surface area contributed by atoms with Crippen molar-refractivity contribution in [3.05, 3.63) is 54.0 Å². The Labute approximate surface area is 194 Å². The number of carbonyl (C=O) groups is 1. The highest BCUT2D eigenvalue weighted by molar-refractivity contribution is 7.89. The Bertz CT molecular complexity index is 1290. The zero-order chi connectivity index (χ0) is 23.6. The summed E-state index contributed by atoms with van der Waals surface area (Å²) in [6, 6.07) is 11.9. The Balaban J connectivity index is 1.62. The fourth-order valence-electron chi connectivity index (χ4n) is 4.50. The molecule has 1 aromatic carbocycles. The number of nitriles is 1. The molecule has 0 bridgehead atoms. The summed E-state index contributed by atoms with van der Waals surface area (Å²) in [4.78, 5) is 18.5. The van der Waals surface area contributed by atoms with E-state index in [1.165, 1.54) is 0 Å². The molecule has 2 N–H and O–H groups in total. The lowest BCUT2D eigenvalue weighted by Gasteiger charge is -2.33. The SMILES string of the molecule is Cc1[nH]c2ccccc2c1S(=O)(=O)NC(CCn1cccc1C#N)C(=O)N1CCC(C)CC1. The predicted molar refractivity (Wildman–Crippen MR) is 126 cm³/mol. The van der Waals surface area contributed by atoms with Gasteiger partial charge in [-0.2, -0.15) is 9.98 Å². The number of likely N-dealkylation sites (tertiary alicyclic amines) is 1. The van der Waals surface area contributed by atoms with Crippen molar-refractivity contribution < 1.29 is 13.2 Å². The quantitative estimate of drug-likeness (QED) is 0.556. The van der Waals surface area contributed by atoms with E-state index in [4.69, 9.17) is 0 Å². The maximum atomic E-state index is 13.5. The molecule has 1 unspecified atom stereocenters. The number of carbonyl (C=O) groups excluding carboxylic acids is 1. The van der Waals surface area contributed by atoms with Crippen LogP contribution in [0, 0.1) is 24.2 Å². The van der Waals surface area contributed by atoms with Crippen LogP contribution in [0.15, 0.2) is 47.5 Å². The van der Waals surface area contributed by atoms with E-state index in [-0.39, 0.29) is 17.2 Å². The molecule has 0 saturated carbocycles. The minimum absolute atomic E-state index is 0.168. The second-order valence-electron chi connectivity index (χ2n) is 8.79. The van der Waals surface area contributed by atoms with Gasteiger partial charge >= 0.3 is 0 Å². The second kappa shape index (κ2) is 9.41. The van der Waals surface area contributed by atoms with E-state index < -0.39 is 16.1 Å². The molecule has 3 heterocycles. The van der Waals surface area contributed by atoms with Gasteiger partial charge in [0.1, 0.15) is 22.7 Å². The summed E-state index contributed by atoms with van der Waals surface area (Å²) < 4.78 is 31.4. The van der Waals surface area contributed by atoms with Crippen molar-refractivity contribution in [3.8, 4) is 6.07 Å². The lowest BCUT2D eigenvalue weighted by atomic mass is 9.98. The van der Waals surface area contributed by atoms with Gasteiger partial charge in [-0.15, -0.1) is 0 Å². The molecule has 1 saturated heterocycles. The van der Waals surface area contributed by atoms with Crippen LogP contribution >= 0.6 is 0 Å². The van der Waals surface area contributed by atoms with Crippen molar-refractivity contribution in [3.63, 3.8) is 0 Å². The van der Waals surface area contributed by atoms with Gasteiger partial charge in [-0.05, 0) is 50.3 Å². The number of sulfonamides is 1. The molecule has 8 nitrogen and oxygen atoms in total. The number of nitrogens with one attached hydrogen (secondary N) is 2. The van der Waals surface area contributed by atoms with Crippen LogP contribution in [0.3, 0.4) is 0 Å². The van der Waals surface area contributed by atoms with Crippen LogP contribution in [0.5, 0.6) is 0 Å². The average molecular weight is 468 g/mol. The van der Waals surface area contributed by atoms with Gasteiger partial charge in [-0.25, -0.2) is 8.42 Å². The van der Waals surface area contributed by atoms with Gasteiger partial charge in [0.2, 0.25) is 15.9 Å². The van der Waals surface area contributed by atoms with Gasteiger partial charge in [0.25, 0.3) is 0 Å². The number of para-hydroxylation sites is 1. The molecular weight excluding hydrogens is 438 g/mol. The maximum Gasteiger partial charge on any atom is 0.243 e. The van der Waals surface area contributed by atoms with Gasteiger partial charge in [0.05, 0.1) is 0 Å². The number of amides is 1. The minimum atomic E-state index is -3.98. The molecule has 0 aliphatic carbocycles. The van der Waals surface area contributed by atoms with E-state index in [9.17, 15) is 18.5 Å². The predicted octanol–water partition coefficient (Wildman–Crippen LogP) is 3.15. The third-order valence-electron chi connectivity index (χ3n) is 6.40. The number of benzene rings is 1. The van der Waals surface area contributed by atoms with Gasteiger partial charge in [0.15, 0.2) is 0 Å². The average Bonchev–Trinajstić information content (AvgIpc) is 3.39. The van der Waals surface area contributed by atoms with Crippen molar-refractivity contribution in [2.45, 2.75) is 50.6 Å². The van der Waals surface area contributed by atoms with E-state index in [1.54, 1.807) is 46.9 Å². The molecule has 33 heavy (non-hydrogen) atoms. The Morgan fingerprint density at radius 1 is 1.24 bits per heavy atom. The first-order chi connectivity index (χ1) is 15.8. The van der Waals surface area contributed by atoms with Gasteiger partial charge in [0, 0.05) is 42.4 Å². The summed E-state index contributed by atoms with van der Waals surface area (Å²) in [5.74, 6) is 0.338. The standard InChI is InChI=1S/C24H29N5O3S/c1-17-9-13-29(14-10-17)24(30)22(11-15-28-12-5-6-19(28)16-25)27-33(31,32)23-18(2)26-21-8-4-3-7-20(21)23/h3-8,12,17,22,26-27H,9-11,13-15H2,1-2H3. The summed E-state index contributed by atoms with van der Waals surface area (Å²) in [7, 11) is -3.98. The Kier molecular flexibility index (Phi) is 6.58. The van der Waals surface area contributed by atoms with E-state index in [2.05, 4.69) is 22.7 Å². The molecule has 1 amide bonds. The molecule has 1 aliphatic heterocycles. The molecular formula is C24H29N5O3S. The lowest BCUT2D eigenvalue weighted by Crippen LogP contribution is -2.51. The number of hydrogen-bond donors (Lipinski definition) is 2. The summed E-state index contributed by atoms with van der Waals surface area (Å²) in [5.41, 5.74) is 1.73. The summed E-state index contributed by atoms with van der Waals surface area (Å²) in [5, 5.41) is 9.89. The first kappa shape index (κ1) is 23.1. The molecule has 0 spiro atoms. The monoisotopic (exact) mass is 467 g/mol. The first-order valence-electron chi connectivity index (χ1n) is 11.2. The van der Waals surface area contributed by atoms with Crippen LogP contribution in [-0.4, -0.2) is 47.9 Å². The highest BCUT2D eigenvalue weighted by Crippen LogP contribution is 2.27. The number of fused-ring (bicyclic) bond motifs is 1. The number of aryl methyl sites for hydroxylation is 2. The van der Waals surface area contributed by atoms with E-state index >= 15 is 0 Å². The second-order valence-corrected chi connectivity index (χ2v) is 10.4. The molecule has 2 aromatic heterocycles. The highest BCUT2D eigenvalue weighted by Gasteiger charge is 2.32. The summed E-state index contributed by atoms with van der Waals surface area (Å²) >= 11 is 0. The van der Waals surface area contributed by atoms with Crippen molar-refractivity contribution in [2.24, 2.45) is 5.92 Å². The topological polar surface area (TPSA) is 111 Å². The number of aromatic nitrogens is 2. The van der Waals surface area contributed by atoms with Gasteiger partial charge in [-0.1, -0.05) is 25.1 Å². The molecule has 1 aliphatic rings. The van der Waals surface area contributed by atoms with Crippen molar-refractivity contribution in [1.29, 1.82) is 5.26 Å². The molecule has 4 rings (SSSR count). The zero-order valence-corrected chi connectivity index (χ0v) is 19.7. The molecule has 1 atom stereocenters. The summed E-state index contributed by atoms with van der Waals surface area (Å²) in [6.07, 6.45) is 3.82. The summed E-state index contributed by atoms with van der Waals surface area (Å²) in [6.45, 7) is 5.48. The Morgan fingerprint density at radius 3 is 2.70 bits per heavy atom. The smallest absolute Gasteiger partial charge is 0.243 e. The molecule has 1 fully saturated rings. The largest absolute Gasteiger partial charge is 0.357 e. The fourth-order valence-corrected chi connectivity index (χ4v) is 6.14. The van der Waals surface area contributed by atoms with E-state index in [0.717, 1.165) is 18.4 Å². The molecule has 3 aromatic rings. The van der Waals surface area contributed by atoms with Crippen molar-refractivity contribution >= 4 is 26.8 Å². The zero-order valence-electron chi connectivity index (χ0n) is 18.9. The lowest BCUT2D eigenvalue weighted by molar-refractivity contribution is -0.134. The minimum Gasteiger partial charge on any atom is -0.357 e. The van der Waals surface area contributed by atoms with Crippen LogP contribution in [-0.2, 0) is 21.4 Å². The molecule has 0 radical (unpaired) electrons. The van der Waals surface area contributed by atoms with Gasteiger partial charge < -0.3 is 14.5 Å². The number of piperidine rings is 1. The van der Waals surface area contributed by atoms with Crippen LogP contribution in [0.2, 0.25) is 0 Å². The first-order valence-corrected chi connectivity index (χ1v) is 12.7. The van der Waals surface area contributed by atoms with Gasteiger partial charge in [-0.3, -0.25) is 4.79 Å². The maximum absolute atomic E-state index is 13.5. The van der Waals surface area contributed by atoms with Crippen LogP contribution in [0.4, 0.5) is 0 Å². The number of nitrogens with zero attached hydrogens (tertiary/aromatic N) is 3. The Hall–Kier alpha value is -3.09. The fraction of sp³-hybridized carbons (Fsp3) is 0.417. The Morgan fingerprint density at radius 2 is 1.97 bits per heavy atom. The van der Waals surface area contributed by atoms with E-state index in [1.807, 2.05) is 12.1 Å². The number of hydrogen-bond acceptors (Lipinski definition) is 4. The van der Waals surface area contributed by atoms with Crippen molar-refractivity contribution in [2.75, 3.05) is 13.1 Å². The number of H-pyrrole nitrogens is 1. The number of aromatic amines is 1. The molecule has 174 valence electrons.